The second kappa shape index (κ2) is 6.53. The lowest BCUT2D eigenvalue weighted by Crippen LogP contribution is -2.18. The van der Waals surface area contributed by atoms with Gasteiger partial charge < -0.3 is 9.47 Å². The Morgan fingerprint density at radius 3 is 1.56 bits per heavy atom. The molecule has 0 saturated heterocycles. The summed E-state index contributed by atoms with van der Waals surface area (Å²) in [5.41, 5.74) is 0. The highest BCUT2D eigenvalue weighted by atomic mass is 19.2. The van der Waals surface area contributed by atoms with E-state index in [9.17, 15) is 44.3 Å². The fourth-order valence-electron chi connectivity index (χ4n) is 1.49. The van der Waals surface area contributed by atoms with Crippen molar-refractivity contribution in [1.29, 1.82) is 0 Å². The first-order valence-electron chi connectivity index (χ1n) is 5.80. The summed E-state index contributed by atoms with van der Waals surface area (Å²) in [4.78, 5) is 11.2. The van der Waals surface area contributed by atoms with Gasteiger partial charge in [-0.05, 0) is 0 Å². The number of ether oxygens (including phenoxy) is 2. The Morgan fingerprint density at radius 2 is 1.04 bits per heavy atom. The van der Waals surface area contributed by atoms with E-state index >= 15 is 0 Å². The van der Waals surface area contributed by atoms with Crippen molar-refractivity contribution in [2.75, 3.05) is 0 Å². The first-order valence-corrected chi connectivity index (χ1v) is 5.80. The van der Waals surface area contributed by atoms with E-state index in [0.717, 1.165) is 0 Å². The van der Waals surface area contributed by atoms with Gasteiger partial charge in [0.25, 0.3) is 0 Å². The zero-order chi connectivity index (χ0) is 19.0. The number of rotatable bonds is 2. The Kier molecular flexibility index (Phi) is 4.81. The quantitative estimate of drug-likeness (QED) is 0.254. The van der Waals surface area contributed by atoms with Crippen LogP contribution in [0.1, 0.15) is 0 Å². The summed E-state index contributed by atoms with van der Waals surface area (Å²) < 4.78 is 124. The second-order valence-electron chi connectivity index (χ2n) is 4.15. The Bertz CT molecular complexity index is 853. The summed E-state index contributed by atoms with van der Waals surface area (Å²) in [6, 6.07) is -0.159. The zero-order valence-corrected chi connectivity index (χ0v) is 11.2. The van der Waals surface area contributed by atoms with Gasteiger partial charge in [-0.3, -0.25) is 0 Å². The van der Waals surface area contributed by atoms with Gasteiger partial charge in [0, 0.05) is 6.07 Å². The van der Waals surface area contributed by atoms with Crippen molar-refractivity contribution in [3.05, 3.63) is 58.4 Å². The van der Waals surface area contributed by atoms with Gasteiger partial charge in [-0.1, -0.05) is 0 Å². The number of hydrogen-bond donors (Lipinski definition) is 0. The SMILES string of the molecule is O=C(Oc1cc(F)c(F)c(F)c1F)Oc1c(F)c(F)c(F)c(F)c1F. The molecule has 0 spiro atoms. The fourth-order valence-corrected chi connectivity index (χ4v) is 1.49. The fraction of sp³-hybridized carbons (Fsp3) is 0. The topological polar surface area (TPSA) is 35.5 Å². The minimum atomic E-state index is -2.55. The molecule has 3 nitrogen and oxygen atoms in total. The Hall–Kier alpha value is -2.92. The Balaban J connectivity index is 2.34. The molecular formula is C13HF9O3. The maximum absolute atomic E-state index is 13.3. The van der Waals surface area contributed by atoms with Gasteiger partial charge in [-0.25, -0.2) is 31.1 Å². The monoisotopic (exact) mass is 376 g/mol. The predicted octanol–water partition coefficient (Wildman–Crippen LogP) is 4.52. The van der Waals surface area contributed by atoms with Crippen LogP contribution in [0.5, 0.6) is 11.5 Å². The van der Waals surface area contributed by atoms with Crippen molar-refractivity contribution in [2.24, 2.45) is 0 Å². The van der Waals surface area contributed by atoms with Crippen molar-refractivity contribution >= 4 is 6.16 Å². The maximum atomic E-state index is 13.3. The van der Waals surface area contributed by atoms with E-state index in [2.05, 4.69) is 9.47 Å². The van der Waals surface area contributed by atoms with Crippen molar-refractivity contribution in [2.45, 2.75) is 0 Å². The first kappa shape index (κ1) is 18.4. The smallest absolute Gasteiger partial charge is 0.391 e. The molecular weight excluding hydrogens is 375 g/mol. The van der Waals surface area contributed by atoms with Crippen LogP contribution >= 0.6 is 0 Å². The van der Waals surface area contributed by atoms with E-state index in [-0.39, 0.29) is 6.07 Å². The molecule has 2 aromatic rings. The molecule has 0 amide bonds. The summed E-state index contributed by atoms with van der Waals surface area (Å²) in [5, 5.41) is 0. The highest BCUT2D eigenvalue weighted by Gasteiger charge is 2.30. The maximum Gasteiger partial charge on any atom is 0.519 e. The molecule has 2 aromatic carbocycles. The van der Waals surface area contributed by atoms with E-state index in [4.69, 9.17) is 0 Å². The van der Waals surface area contributed by atoms with Crippen LogP contribution in [0.15, 0.2) is 6.07 Å². The summed E-state index contributed by atoms with van der Waals surface area (Å²) in [6.45, 7) is 0. The Morgan fingerprint density at radius 1 is 0.600 bits per heavy atom. The van der Waals surface area contributed by atoms with Crippen molar-refractivity contribution in [3.8, 4) is 11.5 Å². The van der Waals surface area contributed by atoms with Gasteiger partial charge in [0.2, 0.25) is 46.5 Å². The molecule has 0 aliphatic carbocycles. The van der Waals surface area contributed by atoms with Crippen LogP contribution in [0.4, 0.5) is 44.3 Å². The lowest BCUT2D eigenvalue weighted by molar-refractivity contribution is 0.143. The highest BCUT2D eigenvalue weighted by molar-refractivity contribution is 5.67. The normalized spacial score (nSPS) is 10.8. The minimum absolute atomic E-state index is 0.159. The van der Waals surface area contributed by atoms with Crippen molar-refractivity contribution in [1.82, 2.24) is 0 Å². The van der Waals surface area contributed by atoms with E-state index in [1.807, 2.05) is 0 Å². The summed E-state index contributed by atoms with van der Waals surface area (Å²) in [7, 11) is 0. The van der Waals surface area contributed by atoms with Gasteiger partial charge in [0.05, 0.1) is 0 Å². The van der Waals surface area contributed by atoms with Crippen LogP contribution in [0.25, 0.3) is 0 Å². The van der Waals surface area contributed by atoms with Crippen LogP contribution in [0.2, 0.25) is 0 Å². The average molecular weight is 376 g/mol. The zero-order valence-electron chi connectivity index (χ0n) is 11.2. The van der Waals surface area contributed by atoms with Crippen LogP contribution in [-0.2, 0) is 0 Å². The van der Waals surface area contributed by atoms with Gasteiger partial charge in [0.15, 0.2) is 17.4 Å². The van der Waals surface area contributed by atoms with Crippen molar-refractivity contribution < 1.29 is 53.8 Å². The lowest BCUT2D eigenvalue weighted by atomic mass is 10.2. The number of carbonyl (C=O) groups excluding carboxylic acids is 1. The molecule has 25 heavy (non-hydrogen) atoms. The van der Waals surface area contributed by atoms with E-state index in [0.29, 0.717) is 0 Å². The Labute approximate surface area is 131 Å². The predicted molar refractivity (Wildman–Crippen MR) is 59.2 cm³/mol. The summed E-state index contributed by atoms with van der Waals surface area (Å²) in [5.74, 6) is -25.2. The molecule has 0 N–H and O–H groups in total. The summed E-state index contributed by atoms with van der Waals surface area (Å²) in [6.07, 6.45) is -2.33. The molecule has 0 unspecified atom stereocenters. The third kappa shape index (κ3) is 3.19. The molecule has 0 saturated carbocycles. The van der Waals surface area contributed by atoms with Crippen LogP contribution in [0, 0.1) is 52.4 Å². The van der Waals surface area contributed by atoms with E-state index < -0.39 is 70.0 Å². The standard InChI is InChI=1S/C13HF9O3/c14-2-1-3(5(16)6(17)4(2)15)24-13(23)25-12-10(21)8(19)7(18)9(20)11(12)22/h1H. The molecule has 0 bridgehead atoms. The van der Waals surface area contributed by atoms with Gasteiger partial charge >= 0.3 is 6.16 Å². The van der Waals surface area contributed by atoms with Crippen LogP contribution in [0.3, 0.4) is 0 Å². The molecule has 0 heterocycles. The van der Waals surface area contributed by atoms with Gasteiger partial charge in [-0.15, -0.1) is 0 Å². The third-order valence-electron chi connectivity index (χ3n) is 2.62. The number of carbonyl (C=O) groups is 1. The molecule has 134 valence electrons. The molecule has 0 fully saturated rings. The number of halogens is 9. The van der Waals surface area contributed by atoms with Crippen molar-refractivity contribution in [3.63, 3.8) is 0 Å². The lowest BCUT2D eigenvalue weighted by Gasteiger charge is -2.10. The molecule has 0 atom stereocenters. The molecule has 0 aromatic heterocycles. The number of hydrogen-bond acceptors (Lipinski definition) is 3. The average Bonchev–Trinajstić information content (AvgIpc) is 2.58. The number of benzene rings is 2. The minimum Gasteiger partial charge on any atom is -0.391 e. The summed E-state index contributed by atoms with van der Waals surface area (Å²) >= 11 is 0. The molecule has 2 rings (SSSR count). The van der Waals surface area contributed by atoms with Crippen LogP contribution in [-0.4, -0.2) is 6.16 Å². The molecule has 12 heteroatoms. The molecule has 0 aliphatic heterocycles. The highest BCUT2D eigenvalue weighted by Crippen LogP contribution is 2.30. The third-order valence-corrected chi connectivity index (χ3v) is 2.62. The second-order valence-corrected chi connectivity index (χ2v) is 4.15. The molecule has 0 aliphatic rings. The van der Waals surface area contributed by atoms with E-state index in [1.54, 1.807) is 0 Å². The molecule has 0 radical (unpaired) electrons. The first-order chi connectivity index (χ1) is 11.6. The van der Waals surface area contributed by atoms with Gasteiger partial charge in [-0.2, -0.15) is 13.2 Å². The van der Waals surface area contributed by atoms with Crippen LogP contribution < -0.4 is 9.47 Å². The van der Waals surface area contributed by atoms with E-state index in [1.165, 1.54) is 0 Å². The largest absolute Gasteiger partial charge is 0.519 e. The van der Waals surface area contributed by atoms with Gasteiger partial charge in [0.1, 0.15) is 0 Å².